The summed E-state index contributed by atoms with van der Waals surface area (Å²) in [6.45, 7) is 3.52. The predicted molar refractivity (Wildman–Crippen MR) is 97.6 cm³/mol. The normalized spacial score (nSPS) is 10.3. The van der Waals surface area contributed by atoms with Gasteiger partial charge in [-0.1, -0.05) is 71.1 Å². The quantitative estimate of drug-likeness (QED) is 0.304. The Balaban J connectivity index is 0. The van der Waals surface area contributed by atoms with Crippen molar-refractivity contribution >= 4 is 18.4 Å². The third-order valence-electron chi connectivity index (χ3n) is 3.85. The van der Waals surface area contributed by atoms with Gasteiger partial charge in [-0.15, -0.1) is 12.4 Å². The molecule has 0 rings (SSSR count). The Morgan fingerprint density at radius 2 is 1.27 bits per heavy atom. The summed E-state index contributed by atoms with van der Waals surface area (Å²) >= 11 is 0. The van der Waals surface area contributed by atoms with Gasteiger partial charge in [-0.3, -0.25) is 4.79 Å². The van der Waals surface area contributed by atoms with Gasteiger partial charge >= 0.3 is 5.97 Å². The van der Waals surface area contributed by atoms with Crippen LogP contribution in [0.1, 0.15) is 96.8 Å². The topological polar surface area (TPSA) is 52.3 Å². The van der Waals surface area contributed by atoms with Gasteiger partial charge in [0.05, 0.1) is 6.61 Å². The molecule has 0 unspecified atom stereocenters. The molecule has 0 amide bonds. The number of esters is 1. The molecule has 0 aromatic heterocycles. The van der Waals surface area contributed by atoms with Crippen LogP contribution < -0.4 is 5.73 Å². The Labute approximate surface area is 144 Å². The second-order valence-electron chi connectivity index (χ2n) is 6.00. The van der Waals surface area contributed by atoms with Crippen molar-refractivity contribution in [2.24, 2.45) is 5.73 Å². The van der Waals surface area contributed by atoms with E-state index in [1.54, 1.807) is 0 Å². The summed E-state index contributed by atoms with van der Waals surface area (Å²) in [4.78, 5) is 11.3. The second kappa shape index (κ2) is 20.7. The van der Waals surface area contributed by atoms with Gasteiger partial charge in [0.2, 0.25) is 0 Å². The Hall–Kier alpha value is -0.280. The summed E-state index contributed by atoms with van der Waals surface area (Å²) in [6.07, 6.45) is 16.8. The number of carbonyl (C=O) groups is 1. The molecule has 0 fully saturated rings. The lowest BCUT2D eigenvalue weighted by atomic mass is 10.1. The molecule has 134 valence electrons. The van der Waals surface area contributed by atoms with E-state index in [2.05, 4.69) is 6.92 Å². The number of halogens is 1. The van der Waals surface area contributed by atoms with E-state index in [4.69, 9.17) is 10.5 Å². The van der Waals surface area contributed by atoms with Gasteiger partial charge in [-0.05, 0) is 25.8 Å². The van der Waals surface area contributed by atoms with Crippen molar-refractivity contribution in [2.75, 3.05) is 13.2 Å². The van der Waals surface area contributed by atoms with E-state index in [-0.39, 0.29) is 18.4 Å². The lowest BCUT2D eigenvalue weighted by molar-refractivity contribution is -0.143. The predicted octanol–water partition coefficient (Wildman–Crippen LogP) is 5.39. The maximum atomic E-state index is 11.3. The maximum Gasteiger partial charge on any atom is 0.305 e. The molecule has 0 aliphatic carbocycles. The molecule has 0 aromatic rings. The average Bonchev–Trinajstić information content (AvgIpc) is 2.48. The molecule has 0 bridgehead atoms. The van der Waals surface area contributed by atoms with Gasteiger partial charge in [0.1, 0.15) is 0 Å². The zero-order chi connectivity index (χ0) is 15.6. The number of unbranched alkanes of at least 4 members (excludes halogenated alkanes) is 11. The number of carbonyl (C=O) groups excluding carboxylic acids is 1. The molecular formula is C18H38ClNO2. The van der Waals surface area contributed by atoms with Crippen LogP contribution in [0, 0.1) is 0 Å². The van der Waals surface area contributed by atoms with Crippen LogP contribution in [-0.2, 0) is 9.53 Å². The van der Waals surface area contributed by atoms with E-state index < -0.39 is 0 Å². The van der Waals surface area contributed by atoms with E-state index >= 15 is 0 Å². The first kappa shape index (κ1) is 24.0. The molecule has 0 atom stereocenters. The highest BCUT2D eigenvalue weighted by Crippen LogP contribution is 2.11. The molecule has 0 saturated heterocycles. The van der Waals surface area contributed by atoms with Crippen molar-refractivity contribution in [3.8, 4) is 0 Å². The van der Waals surface area contributed by atoms with Gasteiger partial charge in [0, 0.05) is 6.42 Å². The van der Waals surface area contributed by atoms with Crippen LogP contribution in [0.25, 0.3) is 0 Å². The molecule has 0 saturated carbocycles. The molecule has 0 spiro atoms. The van der Waals surface area contributed by atoms with E-state index in [1.165, 1.54) is 64.2 Å². The van der Waals surface area contributed by atoms with Crippen LogP contribution in [0.5, 0.6) is 0 Å². The zero-order valence-electron chi connectivity index (χ0n) is 14.6. The fourth-order valence-electron chi connectivity index (χ4n) is 2.44. The Bertz CT molecular complexity index is 225. The molecule has 0 heterocycles. The van der Waals surface area contributed by atoms with Crippen LogP contribution in [-0.4, -0.2) is 19.1 Å². The lowest BCUT2D eigenvalue weighted by Crippen LogP contribution is -2.07. The van der Waals surface area contributed by atoms with Gasteiger partial charge < -0.3 is 10.5 Å². The summed E-state index contributed by atoms with van der Waals surface area (Å²) in [5, 5.41) is 0. The first-order valence-corrected chi connectivity index (χ1v) is 9.17. The first-order valence-electron chi connectivity index (χ1n) is 9.17. The lowest BCUT2D eigenvalue weighted by Gasteiger charge is -2.05. The Kier molecular flexibility index (Phi) is 22.6. The monoisotopic (exact) mass is 335 g/mol. The Morgan fingerprint density at radius 1 is 0.773 bits per heavy atom. The molecule has 2 N–H and O–H groups in total. The summed E-state index contributed by atoms with van der Waals surface area (Å²) in [6, 6.07) is 0. The maximum absolute atomic E-state index is 11.3. The highest BCUT2D eigenvalue weighted by Gasteiger charge is 2.01. The molecule has 3 nitrogen and oxygen atoms in total. The van der Waals surface area contributed by atoms with Crippen LogP contribution in [0.3, 0.4) is 0 Å². The van der Waals surface area contributed by atoms with Crippen molar-refractivity contribution in [3.63, 3.8) is 0 Å². The van der Waals surface area contributed by atoms with E-state index in [9.17, 15) is 4.79 Å². The summed E-state index contributed by atoms with van der Waals surface area (Å²) < 4.78 is 5.19. The van der Waals surface area contributed by atoms with Crippen molar-refractivity contribution < 1.29 is 9.53 Å². The number of hydrogen-bond acceptors (Lipinski definition) is 3. The summed E-state index contributed by atoms with van der Waals surface area (Å²) in [7, 11) is 0. The number of hydrogen-bond donors (Lipinski definition) is 1. The highest BCUT2D eigenvalue weighted by atomic mass is 35.5. The molecule has 0 aromatic carbocycles. The zero-order valence-corrected chi connectivity index (χ0v) is 15.4. The number of nitrogens with two attached hydrogens (primary N) is 1. The molecule has 0 radical (unpaired) electrons. The molecule has 0 aliphatic rings. The van der Waals surface area contributed by atoms with E-state index in [1.807, 2.05) is 0 Å². The van der Waals surface area contributed by atoms with Crippen molar-refractivity contribution in [3.05, 3.63) is 0 Å². The Morgan fingerprint density at radius 3 is 1.77 bits per heavy atom. The minimum atomic E-state index is -0.0597. The third-order valence-corrected chi connectivity index (χ3v) is 3.85. The second-order valence-corrected chi connectivity index (χ2v) is 6.00. The molecule has 4 heteroatoms. The number of rotatable bonds is 16. The highest BCUT2D eigenvalue weighted by molar-refractivity contribution is 5.85. The average molecular weight is 336 g/mol. The largest absolute Gasteiger partial charge is 0.466 e. The first-order chi connectivity index (χ1) is 10.3. The van der Waals surface area contributed by atoms with E-state index in [0.717, 1.165) is 19.3 Å². The molecule has 22 heavy (non-hydrogen) atoms. The van der Waals surface area contributed by atoms with Crippen molar-refractivity contribution in [1.82, 2.24) is 0 Å². The summed E-state index contributed by atoms with van der Waals surface area (Å²) in [5.41, 5.74) is 5.38. The van der Waals surface area contributed by atoms with Crippen LogP contribution >= 0.6 is 12.4 Å². The smallest absolute Gasteiger partial charge is 0.305 e. The van der Waals surface area contributed by atoms with Gasteiger partial charge in [0.25, 0.3) is 0 Å². The SMILES string of the molecule is CCCCCCCCCCCCCOC(=O)CCCCN.Cl. The minimum absolute atomic E-state index is 0. The van der Waals surface area contributed by atoms with E-state index in [0.29, 0.717) is 19.6 Å². The van der Waals surface area contributed by atoms with Gasteiger partial charge in [-0.2, -0.15) is 0 Å². The number of ether oxygens (including phenoxy) is 1. The van der Waals surface area contributed by atoms with Gasteiger partial charge in [0.15, 0.2) is 0 Å². The third kappa shape index (κ3) is 19.7. The van der Waals surface area contributed by atoms with Crippen molar-refractivity contribution in [2.45, 2.75) is 96.8 Å². The van der Waals surface area contributed by atoms with Crippen LogP contribution in [0.4, 0.5) is 0 Å². The fraction of sp³-hybridized carbons (Fsp3) is 0.944. The molecular weight excluding hydrogens is 298 g/mol. The standard InChI is InChI=1S/C18H37NO2.ClH/c1-2-3-4-5-6-7-8-9-10-11-14-17-21-18(20)15-12-13-16-19;/h2-17,19H2,1H3;1H. The fourth-order valence-corrected chi connectivity index (χ4v) is 2.44. The van der Waals surface area contributed by atoms with Crippen LogP contribution in [0.2, 0.25) is 0 Å². The molecule has 0 aliphatic heterocycles. The summed E-state index contributed by atoms with van der Waals surface area (Å²) in [5.74, 6) is -0.0597. The van der Waals surface area contributed by atoms with Crippen molar-refractivity contribution in [1.29, 1.82) is 0 Å². The minimum Gasteiger partial charge on any atom is -0.466 e. The van der Waals surface area contributed by atoms with Gasteiger partial charge in [-0.25, -0.2) is 0 Å². The van der Waals surface area contributed by atoms with Crippen LogP contribution in [0.15, 0.2) is 0 Å².